The van der Waals surface area contributed by atoms with Crippen LogP contribution in [0.5, 0.6) is 5.75 Å². The molecule has 3 aromatic rings. The number of aryl methyl sites for hydroxylation is 2. The lowest BCUT2D eigenvalue weighted by Gasteiger charge is -2.33. The van der Waals surface area contributed by atoms with Crippen molar-refractivity contribution in [2.75, 3.05) is 24.5 Å². The molecule has 226 valence electrons. The van der Waals surface area contributed by atoms with Gasteiger partial charge in [-0.05, 0) is 80.6 Å². The highest BCUT2D eigenvalue weighted by atomic mass is 32.2. The largest absolute Gasteiger partial charge is 0.497 e. The Morgan fingerprint density at radius 3 is 2.29 bits per heavy atom. The summed E-state index contributed by atoms with van der Waals surface area (Å²) >= 11 is 0. The van der Waals surface area contributed by atoms with Gasteiger partial charge < -0.3 is 15.0 Å². The molecule has 8 nitrogen and oxygen atoms in total. The van der Waals surface area contributed by atoms with Gasteiger partial charge in [0.25, 0.3) is 10.0 Å². The zero-order chi connectivity index (χ0) is 30.9. The number of rotatable bonds is 14. The van der Waals surface area contributed by atoms with Crippen LogP contribution in [0.4, 0.5) is 5.69 Å². The van der Waals surface area contributed by atoms with E-state index >= 15 is 0 Å². The zero-order valence-electron chi connectivity index (χ0n) is 25.5. The summed E-state index contributed by atoms with van der Waals surface area (Å²) in [6.07, 6.45) is 2.11. The Morgan fingerprint density at radius 2 is 1.64 bits per heavy atom. The molecule has 0 bridgehead atoms. The van der Waals surface area contributed by atoms with Crippen molar-refractivity contribution in [2.24, 2.45) is 0 Å². The van der Waals surface area contributed by atoms with E-state index in [9.17, 15) is 18.0 Å². The van der Waals surface area contributed by atoms with Crippen molar-refractivity contribution in [2.45, 2.75) is 71.4 Å². The molecule has 2 amide bonds. The van der Waals surface area contributed by atoms with Gasteiger partial charge in [0, 0.05) is 13.1 Å². The smallest absolute Gasteiger partial charge is 0.264 e. The van der Waals surface area contributed by atoms with Crippen LogP contribution in [0.1, 0.15) is 55.4 Å². The molecule has 0 unspecified atom stereocenters. The Bertz CT molecular complexity index is 1470. The SMILES string of the molecule is CCCCNC(=O)[C@H](CC)N(Cc1cccc(OC)c1)C(=O)CN(c1cccc(C)c1C)S(=O)(=O)c1ccc(C)cc1. The average molecular weight is 594 g/mol. The number of hydrogen-bond donors (Lipinski definition) is 1. The minimum absolute atomic E-state index is 0.0884. The second kappa shape index (κ2) is 14.9. The first-order valence-electron chi connectivity index (χ1n) is 14.4. The van der Waals surface area contributed by atoms with E-state index in [4.69, 9.17) is 4.74 Å². The van der Waals surface area contributed by atoms with Crippen LogP contribution < -0.4 is 14.4 Å². The molecule has 0 aliphatic heterocycles. The maximum absolute atomic E-state index is 14.3. The van der Waals surface area contributed by atoms with Crippen LogP contribution in [0.2, 0.25) is 0 Å². The average Bonchev–Trinajstić information content (AvgIpc) is 2.97. The van der Waals surface area contributed by atoms with Crippen molar-refractivity contribution in [1.29, 1.82) is 0 Å². The molecule has 3 rings (SSSR count). The summed E-state index contributed by atoms with van der Waals surface area (Å²) in [7, 11) is -2.56. The topological polar surface area (TPSA) is 96.0 Å². The summed E-state index contributed by atoms with van der Waals surface area (Å²) in [5.41, 5.74) is 3.77. The number of ether oxygens (including phenoxy) is 1. The van der Waals surface area contributed by atoms with E-state index in [1.807, 2.05) is 58.9 Å². The highest BCUT2D eigenvalue weighted by molar-refractivity contribution is 7.92. The van der Waals surface area contributed by atoms with E-state index in [1.54, 1.807) is 49.6 Å². The van der Waals surface area contributed by atoms with Crippen LogP contribution in [-0.4, -0.2) is 51.4 Å². The summed E-state index contributed by atoms with van der Waals surface area (Å²) < 4.78 is 34.8. The van der Waals surface area contributed by atoms with E-state index in [1.165, 1.54) is 9.21 Å². The number of unbranched alkanes of at least 4 members (excludes halogenated alkanes) is 1. The fourth-order valence-electron chi connectivity index (χ4n) is 4.75. The van der Waals surface area contributed by atoms with Crippen LogP contribution in [-0.2, 0) is 26.2 Å². The lowest BCUT2D eigenvalue weighted by atomic mass is 10.1. The first-order chi connectivity index (χ1) is 20.0. The molecule has 3 aromatic carbocycles. The molecule has 0 fully saturated rings. The third-order valence-corrected chi connectivity index (χ3v) is 9.21. The first kappa shape index (κ1) is 32.7. The van der Waals surface area contributed by atoms with Gasteiger partial charge in [-0.15, -0.1) is 0 Å². The second-order valence-electron chi connectivity index (χ2n) is 10.5. The number of carbonyl (C=O) groups excluding carboxylic acids is 2. The number of anilines is 1. The van der Waals surface area contributed by atoms with Crippen LogP contribution in [0.3, 0.4) is 0 Å². The van der Waals surface area contributed by atoms with Gasteiger partial charge in [-0.2, -0.15) is 0 Å². The summed E-state index contributed by atoms with van der Waals surface area (Å²) in [5, 5.41) is 2.95. The number of methoxy groups -OCH3 is 1. The van der Waals surface area contributed by atoms with Gasteiger partial charge in [-0.25, -0.2) is 8.42 Å². The first-order valence-corrected chi connectivity index (χ1v) is 15.8. The van der Waals surface area contributed by atoms with Crippen LogP contribution in [0.25, 0.3) is 0 Å². The number of sulfonamides is 1. The fraction of sp³-hybridized carbons (Fsp3) is 0.394. The van der Waals surface area contributed by atoms with Crippen LogP contribution in [0.15, 0.2) is 71.6 Å². The molecule has 0 heterocycles. The van der Waals surface area contributed by atoms with Gasteiger partial charge in [0.15, 0.2) is 0 Å². The normalized spacial score (nSPS) is 12.0. The van der Waals surface area contributed by atoms with E-state index < -0.39 is 28.5 Å². The summed E-state index contributed by atoms with van der Waals surface area (Å²) in [4.78, 5) is 29.2. The molecular weight excluding hydrogens is 550 g/mol. The van der Waals surface area contributed by atoms with Gasteiger partial charge >= 0.3 is 0 Å². The Morgan fingerprint density at radius 1 is 0.952 bits per heavy atom. The van der Waals surface area contributed by atoms with Gasteiger partial charge in [-0.1, -0.05) is 62.2 Å². The quantitative estimate of drug-likeness (QED) is 0.248. The monoisotopic (exact) mass is 593 g/mol. The summed E-state index contributed by atoms with van der Waals surface area (Å²) in [6.45, 7) is 9.67. The summed E-state index contributed by atoms with van der Waals surface area (Å²) in [5.74, 6) is -0.118. The predicted molar refractivity (Wildman–Crippen MR) is 167 cm³/mol. The molecule has 0 aliphatic carbocycles. The van der Waals surface area contributed by atoms with Crippen molar-refractivity contribution >= 4 is 27.5 Å². The Hall–Kier alpha value is -3.85. The lowest BCUT2D eigenvalue weighted by Crippen LogP contribution is -2.52. The summed E-state index contributed by atoms with van der Waals surface area (Å²) in [6, 6.07) is 18.5. The number of carbonyl (C=O) groups is 2. The number of nitrogens with zero attached hydrogens (tertiary/aromatic N) is 2. The van der Waals surface area contributed by atoms with E-state index in [0.29, 0.717) is 24.4 Å². The standard InChI is InChI=1S/C33H43N3O5S/c1-7-9-20-34-33(38)30(8-2)35(22-27-13-11-14-28(21-27)41-6)32(37)23-36(31-15-10-12-25(4)26(31)5)42(39,40)29-18-16-24(3)17-19-29/h10-19,21,30H,7-9,20,22-23H2,1-6H3,(H,34,38)/t30-/m0/s1. The molecule has 42 heavy (non-hydrogen) atoms. The number of amides is 2. The third-order valence-electron chi connectivity index (χ3n) is 7.44. The number of nitrogens with one attached hydrogen (secondary N) is 1. The lowest BCUT2D eigenvalue weighted by molar-refractivity contribution is -0.140. The van der Waals surface area contributed by atoms with Crippen molar-refractivity contribution < 1.29 is 22.7 Å². The minimum atomic E-state index is -4.13. The zero-order valence-corrected chi connectivity index (χ0v) is 26.3. The van der Waals surface area contributed by atoms with Crippen LogP contribution >= 0.6 is 0 Å². The molecule has 1 atom stereocenters. The molecule has 0 radical (unpaired) electrons. The van der Waals surface area contributed by atoms with Gasteiger partial charge in [-0.3, -0.25) is 13.9 Å². The van der Waals surface area contributed by atoms with Crippen molar-refractivity contribution in [3.63, 3.8) is 0 Å². The molecule has 0 saturated heterocycles. The van der Waals surface area contributed by atoms with Gasteiger partial charge in [0.2, 0.25) is 11.8 Å². The number of benzene rings is 3. The molecule has 0 aromatic heterocycles. The van der Waals surface area contributed by atoms with Crippen LogP contribution in [0, 0.1) is 20.8 Å². The Balaban J connectivity index is 2.09. The molecular formula is C33H43N3O5S. The van der Waals surface area contributed by atoms with Crippen molar-refractivity contribution in [3.8, 4) is 5.75 Å². The van der Waals surface area contributed by atoms with Crippen molar-refractivity contribution in [3.05, 3.63) is 89.0 Å². The fourth-order valence-corrected chi connectivity index (χ4v) is 6.22. The molecule has 0 aliphatic rings. The molecule has 9 heteroatoms. The van der Waals surface area contributed by atoms with Gasteiger partial charge in [0.1, 0.15) is 18.3 Å². The Kier molecular flexibility index (Phi) is 11.6. The molecule has 0 saturated carbocycles. The van der Waals surface area contributed by atoms with Crippen molar-refractivity contribution in [1.82, 2.24) is 10.2 Å². The van der Waals surface area contributed by atoms with Gasteiger partial charge in [0.05, 0.1) is 17.7 Å². The molecule has 1 N–H and O–H groups in total. The second-order valence-corrected chi connectivity index (χ2v) is 12.3. The third kappa shape index (κ3) is 7.91. The minimum Gasteiger partial charge on any atom is -0.497 e. The maximum atomic E-state index is 14.3. The van der Waals surface area contributed by atoms with E-state index in [2.05, 4.69) is 5.32 Å². The number of hydrogen-bond acceptors (Lipinski definition) is 5. The highest BCUT2D eigenvalue weighted by Gasteiger charge is 2.34. The van der Waals surface area contributed by atoms with E-state index in [-0.39, 0.29) is 17.3 Å². The predicted octanol–water partition coefficient (Wildman–Crippen LogP) is 5.54. The van der Waals surface area contributed by atoms with E-state index in [0.717, 1.165) is 35.1 Å². The highest BCUT2D eigenvalue weighted by Crippen LogP contribution is 2.29. The maximum Gasteiger partial charge on any atom is 0.264 e. The molecule has 0 spiro atoms. The Labute approximate surface area is 250 Å².